The minimum Gasteiger partial charge on any atom is -0.356 e. The van der Waals surface area contributed by atoms with Crippen molar-refractivity contribution in [1.29, 1.82) is 0 Å². The SMILES string of the molecule is Cc1cc(N2CCCC2)nc(N2CCN(C(=O)c3ccc(F)c(F)c3)CC2)n1. The third-order valence-corrected chi connectivity index (χ3v) is 5.28. The van der Waals surface area contributed by atoms with E-state index in [1.54, 1.807) is 4.90 Å². The Morgan fingerprint density at radius 3 is 2.29 bits per heavy atom. The van der Waals surface area contributed by atoms with Crippen molar-refractivity contribution in [2.45, 2.75) is 19.8 Å². The van der Waals surface area contributed by atoms with Gasteiger partial charge in [-0.25, -0.2) is 13.8 Å². The molecular weight excluding hydrogens is 364 g/mol. The predicted octanol–water partition coefficient (Wildman–Crippen LogP) is 2.63. The number of benzene rings is 1. The summed E-state index contributed by atoms with van der Waals surface area (Å²) in [6.07, 6.45) is 2.37. The van der Waals surface area contributed by atoms with Gasteiger partial charge in [0.1, 0.15) is 5.82 Å². The van der Waals surface area contributed by atoms with E-state index in [0.29, 0.717) is 32.1 Å². The number of hydrogen-bond acceptors (Lipinski definition) is 5. The number of aryl methyl sites for hydroxylation is 1. The fourth-order valence-electron chi connectivity index (χ4n) is 3.71. The number of piperazine rings is 1. The van der Waals surface area contributed by atoms with E-state index in [2.05, 4.69) is 14.8 Å². The Morgan fingerprint density at radius 1 is 0.893 bits per heavy atom. The lowest BCUT2D eigenvalue weighted by Gasteiger charge is -2.35. The lowest BCUT2D eigenvalue weighted by molar-refractivity contribution is 0.0745. The van der Waals surface area contributed by atoms with Crippen LogP contribution < -0.4 is 9.80 Å². The van der Waals surface area contributed by atoms with Crippen LogP contribution in [0, 0.1) is 18.6 Å². The zero-order valence-corrected chi connectivity index (χ0v) is 15.9. The van der Waals surface area contributed by atoms with E-state index in [1.165, 1.54) is 18.9 Å². The highest BCUT2D eigenvalue weighted by molar-refractivity contribution is 5.94. The highest BCUT2D eigenvalue weighted by Crippen LogP contribution is 2.22. The van der Waals surface area contributed by atoms with Crippen LogP contribution in [0.15, 0.2) is 24.3 Å². The summed E-state index contributed by atoms with van der Waals surface area (Å²) >= 11 is 0. The second-order valence-corrected chi connectivity index (χ2v) is 7.27. The van der Waals surface area contributed by atoms with Crippen LogP contribution in [-0.2, 0) is 0 Å². The zero-order chi connectivity index (χ0) is 19.7. The first kappa shape index (κ1) is 18.6. The highest BCUT2D eigenvalue weighted by atomic mass is 19.2. The van der Waals surface area contributed by atoms with Gasteiger partial charge in [0, 0.05) is 56.6 Å². The van der Waals surface area contributed by atoms with E-state index in [0.717, 1.165) is 36.7 Å². The van der Waals surface area contributed by atoms with Gasteiger partial charge in [-0.3, -0.25) is 4.79 Å². The standard InChI is InChI=1S/C20H23F2N5O/c1-14-12-18(25-6-2-3-7-25)24-20(23-14)27-10-8-26(9-11-27)19(28)15-4-5-16(21)17(22)13-15/h4-5,12-13H,2-3,6-11H2,1H3. The molecule has 0 atom stereocenters. The second-order valence-electron chi connectivity index (χ2n) is 7.27. The van der Waals surface area contributed by atoms with Crippen molar-refractivity contribution in [3.05, 3.63) is 47.2 Å². The molecule has 2 aromatic rings. The van der Waals surface area contributed by atoms with E-state index < -0.39 is 11.6 Å². The molecule has 3 heterocycles. The predicted molar refractivity (Wildman–Crippen MR) is 103 cm³/mol. The summed E-state index contributed by atoms with van der Waals surface area (Å²) in [5.74, 6) is -0.609. The average molecular weight is 387 g/mol. The van der Waals surface area contributed by atoms with Gasteiger partial charge in [-0.2, -0.15) is 4.98 Å². The maximum absolute atomic E-state index is 13.4. The molecule has 8 heteroatoms. The Labute approximate surface area is 162 Å². The largest absolute Gasteiger partial charge is 0.356 e. The third kappa shape index (κ3) is 3.76. The number of anilines is 2. The Bertz CT molecular complexity index is 877. The molecule has 0 radical (unpaired) electrons. The molecule has 2 saturated heterocycles. The molecule has 2 aliphatic rings. The quantitative estimate of drug-likeness (QED) is 0.811. The molecule has 0 saturated carbocycles. The molecule has 4 rings (SSSR count). The summed E-state index contributed by atoms with van der Waals surface area (Å²) in [7, 11) is 0. The maximum Gasteiger partial charge on any atom is 0.254 e. The van der Waals surface area contributed by atoms with Gasteiger partial charge in [0.05, 0.1) is 0 Å². The number of nitrogens with zero attached hydrogens (tertiary/aromatic N) is 5. The van der Waals surface area contributed by atoms with Gasteiger partial charge in [-0.15, -0.1) is 0 Å². The first-order chi connectivity index (χ1) is 13.5. The van der Waals surface area contributed by atoms with Gasteiger partial charge in [0.2, 0.25) is 5.95 Å². The minimum atomic E-state index is -1.01. The van der Waals surface area contributed by atoms with Gasteiger partial charge < -0.3 is 14.7 Å². The van der Waals surface area contributed by atoms with Crippen LogP contribution in [0.2, 0.25) is 0 Å². The molecule has 28 heavy (non-hydrogen) atoms. The summed E-state index contributed by atoms with van der Waals surface area (Å²) in [5, 5.41) is 0. The third-order valence-electron chi connectivity index (χ3n) is 5.28. The summed E-state index contributed by atoms with van der Waals surface area (Å²) in [6.45, 7) is 6.16. The molecule has 1 aromatic heterocycles. The summed E-state index contributed by atoms with van der Waals surface area (Å²) in [5.41, 5.74) is 1.09. The summed E-state index contributed by atoms with van der Waals surface area (Å²) in [4.78, 5) is 27.9. The van der Waals surface area contributed by atoms with Crippen molar-refractivity contribution in [3.8, 4) is 0 Å². The number of aromatic nitrogens is 2. The molecule has 1 amide bonds. The van der Waals surface area contributed by atoms with E-state index in [1.807, 2.05) is 13.0 Å². The summed E-state index contributed by atoms with van der Waals surface area (Å²) < 4.78 is 26.5. The van der Waals surface area contributed by atoms with Crippen molar-refractivity contribution in [1.82, 2.24) is 14.9 Å². The number of halogens is 2. The molecule has 148 valence electrons. The average Bonchev–Trinajstić information content (AvgIpc) is 3.24. The van der Waals surface area contributed by atoms with E-state index in [9.17, 15) is 13.6 Å². The molecule has 0 N–H and O–H groups in total. The van der Waals surface area contributed by atoms with Gasteiger partial charge in [0.25, 0.3) is 5.91 Å². The number of carbonyl (C=O) groups is 1. The maximum atomic E-state index is 13.4. The minimum absolute atomic E-state index is 0.162. The van der Waals surface area contributed by atoms with E-state index >= 15 is 0 Å². The topological polar surface area (TPSA) is 52.6 Å². The van der Waals surface area contributed by atoms with Gasteiger partial charge in [-0.1, -0.05) is 0 Å². The fourth-order valence-corrected chi connectivity index (χ4v) is 3.71. The normalized spacial score (nSPS) is 17.3. The van der Waals surface area contributed by atoms with Gasteiger partial charge in [0.15, 0.2) is 11.6 Å². The highest BCUT2D eigenvalue weighted by Gasteiger charge is 2.25. The van der Waals surface area contributed by atoms with Gasteiger partial charge in [-0.05, 0) is 38.0 Å². The molecule has 2 aliphatic heterocycles. The molecular formula is C20H23F2N5O. The molecule has 0 aliphatic carbocycles. The molecule has 1 aromatic carbocycles. The van der Waals surface area contributed by atoms with Crippen LogP contribution in [0.1, 0.15) is 28.9 Å². The Morgan fingerprint density at radius 2 is 1.61 bits per heavy atom. The Hall–Kier alpha value is -2.77. The number of rotatable bonds is 3. The van der Waals surface area contributed by atoms with E-state index in [4.69, 9.17) is 4.98 Å². The number of hydrogen-bond donors (Lipinski definition) is 0. The molecule has 0 unspecified atom stereocenters. The van der Waals surface area contributed by atoms with Crippen LogP contribution in [-0.4, -0.2) is 60.0 Å². The first-order valence-electron chi connectivity index (χ1n) is 9.61. The van der Waals surface area contributed by atoms with Crippen LogP contribution >= 0.6 is 0 Å². The number of carbonyl (C=O) groups excluding carboxylic acids is 1. The lowest BCUT2D eigenvalue weighted by Crippen LogP contribution is -2.49. The van der Waals surface area contributed by atoms with Crippen LogP contribution in [0.5, 0.6) is 0 Å². The monoisotopic (exact) mass is 387 g/mol. The zero-order valence-electron chi connectivity index (χ0n) is 15.9. The van der Waals surface area contributed by atoms with Crippen molar-refractivity contribution < 1.29 is 13.6 Å². The van der Waals surface area contributed by atoms with Crippen molar-refractivity contribution in [3.63, 3.8) is 0 Å². The lowest BCUT2D eigenvalue weighted by atomic mass is 10.1. The van der Waals surface area contributed by atoms with Crippen LogP contribution in [0.4, 0.5) is 20.5 Å². The fraction of sp³-hybridized carbons (Fsp3) is 0.450. The molecule has 0 bridgehead atoms. The first-order valence-corrected chi connectivity index (χ1v) is 9.61. The van der Waals surface area contributed by atoms with Crippen molar-refractivity contribution in [2.75, 3.05) is 49.1 Å². The Balaban J connectivity index is 1.44. The molecule has 0 spiro atoms. The van der Waals surface area contributed by atoms with Crippen molar-refractivity contribution >= 4 is 17.7 Å². The Kier molecular flexibility index (Phi) is 5.11. The van der Waals surface area contributed by atoms with Crippen LogP contribution in [0.25, 0.3) is 0 Å². The molecule has 6 nitrogen and oxygen atoms in total. The van der Waals surface area contributed by atoms with Crippen LogP contribution in [0.3, 0.4) is 0 Å². The second kappa shape index (κ2) is 7.69. The summed E-state index contributed by atoms with van der Waals surface area (Å²) in [6, 6.07) is 5.27. The smallest absolute Gasteiger partial charge is 0.254 e. The van der Waals surface area contributed by atoms with E-state index in [-0.39, 0.29) is 11.5 Å². The number of amides is 1. The van der Waals surface area contributed by atoms with Gasteiger partial charge >= 0.3 is 0 Å². The molecule has 2 fully saturated rings. The van der Waals surface area contributed by atoms with Crippen molar-refractivity contribution in [2.24, 2.45) is 0 Å².